The molecule has 0 radical (unpaired) electrons. The van der Waals surface area contributed by atoms with Gasteiger partial charge in [0.05, 0.1) is 0 Å². The van der Waals surface area contributed by atoms with Gasteiger partial charge in [0, 0.05) is 0 Å². The Kier molecular flexibility index (Phi) is 6.10. The highest BCUT2D eigenvalue weighted by Gasteiger charge is 2.37. The Labute approximate surface area is 73.3 Å². The van der Waals surface area contributed by atoms with E-state index in [-0.39, 0.29) is 0 Å². The first kappa shape index (κ1) is 15.0. The molecule has 0 spiro atoms. The van der Waals surface area contributed by atoms with Crippen LogP contribution in [0.15, 0.2) is 12.7 Å². The van der Waals surface area contributed by atoms with Gasteiger partial charge in [-0.2, -0.15) is 0 Å². The lowest BCUT2D eigenvalue weighted by molar-refractivity contribution is -0.113. The second-order valence-corrected chi connectivity index (χ2v) is 6.81. The first-order valence-corrected chi connectivity index (χ1v) is 6.49. The summed E-state index contributed by atoms with van der Waals surface area (Å²) in [6, 6.07) is 0. The Hall–Kier alpha value is -0.490. The molecule has 0 bridgehead atoms. The van der Waals surface area contributed by atoms with E-state index in [4.69, 9.17) is 19.6 Å². The third-order valence-electron chi connectivity index (χ3n) is 0.541. The standard InChI is InChI=1S/C3H5NO.H4O6P2/c1-2-3(4)5;1-7(2,3)8(4,5)6/h2H,1H2,(H2,4,5);(H2,1,2,3)(H2,4,5,6). The average molecular weight is 233 g/mol. The van der Waals surface area contributed by atoms with Gasteiger partial charge < -0.3 is 25.3 Å². The molecule has 0 aliphatic carbocycles. The lowest BCUT2D eigenvalue weighted by Gasteiger charge is -2.02. The van der Waals surface area contributed by atoms with Crippen molar-refractivity contribution < 1.29 is 33.5 Å². The fourth-order valence-electron chi connectivity index (χ4n) is 0. The van der Waals surface area contributed by atoms with Crippen molar-refractivity contribution in [2.24, 2.45) is 5.73 Å². The summed E-state index contributed by atoms with van der Waals surface area (Å²) in [5, 5.41) is 0. The van der Waals surface area contributed by atoms with Crippen molar-refractivity contribution >= 4 is 20.5 Å². The predicted octanol–water partition coefficient (Wildman–Crippen LogP) is -1.09. The third-order valence-corrected chi connectivity index (χ3v) is 3.26. The number of amides is 1. The van der Waals surface area contributed by atoms with E-state index < -0.39 is 20.5 Å². The Balaban J connectivity index is 0. The molecular weight excluding hydrogens is 224 g/mol. The normalized spacial score (nSPS) is 11.1. The Morgan fingerprint density at radius 1 is 1.15 bits per heavy atom. The van der Waals surface area contributed by atoms with Crippen LogP contribution in [-0.2, 0) is 13.9 Å². The molecule has 10 heteroatoms. The number of primary amides is 1. The monoisotopic (exact) mass is 233 g/mol. The highest BCUT2D eigenvalue weighted by Crippen LogP contribution is 2.71. The number of hydrogen-bond donors (Lipinski definition) is 5. The van der Waals surface area contributed by atoms with Gasteiger partial charge in [0.25, 0.3) is 0 Å². The van der Waals surface area contributed by atoms with Crippen molar-refractivity contribution in [3.63, 3.8) is 0 Å². The maximum absolute atomic E-state index is 9.58. The van der Waals surface area contributed by atoms with Gasteiger partial charge in [-0.05, 0) is 6.08 Å². The van der Waals surface area contributed by atoms with Gasteiger partial charge in [0.2, 0.25) is 5.91 Å². The largest absolute Gasteiger partial charge is 0.435 e. The zero-order valence-corrected chi connectivity index (χ0v) is 8.06. The van der Waals surface area contributed by atoms with Gasteiger partial charge >= 0.3 is 14.6 Å². The number of carbonyl (C=O) groups excluding carboxylic acids is 1. The van der Waals surface area contributed by atoms with Crippen molar-refractivity contribution in [2.45, 2.75) is 0 Å². The van der Waals surface area contributed by atoms with Crippen molar-refractivity contribution in [3.8, 4) is 0 Å². The first-order valence-electron chi connectivity index (χ1n) is 2.55. The van der Waals surface area contributed by atoms with Gasteiger partial charge in [-0.25, -0.2) is 9.13 Å². The molecule has 8 nitrogen and oxygen atoms in total. The van der Waals surface area contributed by atoms with Crippen LogP contribution in [0.2, 0.25) is 0 Å². The van der Waals surface area contributed by atoms with E-state index in [2.05, 4.69) is 12.3 Å². The molecule has 0 saturated heterocycles. The molecule has 0 unspecified atom stereocenters. The molecule has 0 aliphatic rings. The minimum atomic E-state index is -5.18. The zero-order valence-electron chi connectivity index (χ0n) is 6.27. The van der Waals surface area contributed by atoms with E-state index in [1.54, 1.807) is 0 Å². The molecule has 0 atom stereocenters. The number of hydrogen-bond acceptors (Lipinski definition) is 3. The summed E-state index contributed by atoms with van der Waals surface area (Å²) >= 11 is 0. The van der Waals surface area contributed by atoms with Gasteiger partial charge in [-0.3, -0.25) is 4.79 Å². The average Bonchev–Trinajstić information content (AvgIpc) is 1.84. The van der Waals surface area contributed by atoms with Crippen LogP contribution < -0.4 is 5.73 Å². The number of nitrogens with two attached hydrogens (primary N) is 1. The molecule has 6 N–H and O–H groups in total. The second kappa shape index (κ2) is 5.29. The number of carbonyl (C=O) groups is 1. The van der Waals surface area contributed by atoms with Crippen LogP contribution in [0.25, 0.3) is 0 Å². The summed E-state index contributed by atoms with van der Waals surface area (Å²) in [5.41, 5.74) is 4.53. The summed E-state index contributed by atoms with van der Waals surface area (Å²) in [6.45, 7) is 3.09. The van der Waals surface area contributed by atoms with Crippen LogP contribution in [0.4, 0.5) is 0 Å². The van der Waals surface area contributed by atoms with Crippen molar-refractivity contribution in [2.75, 3.05) is 0 Å². The molecule has 0 aliphatic heterocycles. The van der Waals surface area contributed by atoms with Crippen LogP contribution >= 0.6 is 14.6 Å². The van der Waals surface area contributed by atoms with Crippen molar-refractivity contribution in [3.05, 3.63) is 12.7 Å². The van der Waals surface area contributed by atoms with E-state index in [1.165, 1.54) is 0 Å². The summed E-state index contributed by atoms with van der Waals surface area (Å²) in [7, 11) is -10.4. The minimum absolute atomic E-state index is 0.481. The van der Waals surface area contributed by atoms with Crippen LogP contribution in [0.1, 0.15) is 0 Å². The molecular formula is C3H9NO7P2. The molecule has 0 fully saturated rings. The minimum Gasteiger partial charge on any atom is -0.366 e. The van der Waals surface area contributed by atoms with E-state index >= 15 is 0 Å². The summed E-state index contributed by atoms with van der Waals surface area (Å²) in [5.74, 6) is -0.481. The molecule has 0 aromatic rings. The van der Waals surface area contributed by atoms with E-state index in [1.807, 2.05) is 0 Å². The molecule has 0 saturated carbocycles. The fourth-order valence-corrected chi connectivity index (χ4v) is 0. The quantitative estimate of drug-likeness (QED) is 0.299. The maximum atomic E-state index is 9.58. The molecule has 0 aromatic carbocycles. The molecule has 0 heterocycles. The Bertz CT molecular complexity index is 253. The fraction of sp³-hybridized carbons (Fsp3) is 0. The smallest absolute Gasteiger partial charge is 0.366 e. The zero-order chi connectivity index (χ0) is 11.3. The molecule has 1 amide bonds. The van der Waals surface area contributed by atoms with Crippen LogP contribution in [0.5, 0.6) is 0 Å². The van der Waals surface area contributed by atoms with Gasteiger partial charge in [-0.15, -0.1) is 0 Å². The predicted molar refractivity (Wildman–Crippen MR) is 43.5 cm³/mol. The third kappa shape index (κ3) is 9.42. The highest BCUT2D eigenvalue weighted by molar-refractivity contribution is 8.26. The Morgan fingerprint density at radius 3 is 1.31 bits per heavy atom. The summed E-state index contributed by atoms with van der Waals surface area (Å²) < 4.78 is 19.2. The van der Waals surface area contributed by atoms with E-state index in [0.717, 1.165) is 6.08 Å². The van der Waals surface area contributed by atoms with Crippen LogP contribution in [0.3, 0.4) is 0 Å². The van der Waals surface area contributed by atoms with Crippen molar-refractivity contribution in [1.29, 1.82) is 0 Å². The molecule has 0 rings (SSSR count). The van der Waals surface area contributed by atoms with E-state index in [0.29, 0.717) is 0 Å². The second-order valence-electron chi connectivity index (χ2n) is 1.63. The van der Waals surface area contributed by atoms with Gasteiger partial charge in [0.1, 0.15) is 0 Å². The topological polar surface area (TPSA) is 158 Å². The van der Waals surface area contributed by atoms with Crippen LogP contribution in [-0.4, -0.2) is 25.5 Å². The summed E-state index contributed by atoms with van der Waals surface area (Å²) in [4.78, 5) is 40.3. The van der Waals surface area contributed by atoms with Crippen LogP contribution in [0, 0.1) is 0 Å². The van der Waals surface area contributed by atoms with Crippen molar-refractivity contribution in [1.82, 2.24) is 0 Å². The SMILES string of the molecule is C=CC(N)=O.O=P(O)(O)P(=O)(O)O. The van der Waals surface area contributed by atoms with Gasteiger partial charge in [0.15, 0.2) is 0 Å². The lowest BCUT2D eigenvalue weighted by Crippen LogP contribution is -2.04. The lowest BCUT2D eigenvalue weighted by atomic mass is 10.6. The summed E-state index contributed by atoms with van der Waals surface area (Å²) in [6.07, 6.45) is 1.06. The Morgan fingerprint density at radius 2 is 1.31 bits per heavy atom. The molecule has 78 valence electrons. The molecule has 0 aromatic heterocycles. The highest BCUT2D eigenvalue weighted by atomic mass is 32.1. The maximum Gasteiger partial charge on any atom is 0.435 e. The number of rotatable bonds is 2. The first-order chi connectivity index (χ1) is 5.52. The van der Waals surface area contributed by atoms with E-state index in [9.17, 15) is 13.9 Å². The molecule has 13 heavy (non-hydrogen) atoms. The van der Waals surface area contributed by atoms with Gasteiger partial charge in [-0.1, -0.05) is 6.58 Å².